The Balaban J connectivity index is 2.12. The van der Waals surface area contributed by atoms with E-state index in [1.54, 1.807) is 24.2 Å². The molecule has 0 aliphatic heterocycles. The molecule has 2 heterocycles. The zero-order valence-electron chi connectivity index (χ0n) is 11.3. The number of hydrogen-bond donors (Lipinski definition) is 1. The van der Waals surface area contributed by atoms with Gasteiger partial charge in [-0.05, 0) is 12.1 Å². The van der Waals surface area contributed by atoms with Crippen molar-refractivity contribution < 1.29 is 13.2 Å². The second kappa shape index (κ2) is 5.94. The molecule has 0 bridgehead atoms. The monoisotopic (exact) mass is 297 g/mol. The van der Waals surface area contributed by atoms with E-state index in [1.807, 2.05) is 12.1 Å². The second-order valence-electron chi connectivity index (χ2n) is 4.46. The molecule has 0 aliphatic rings. The van der Waals surface area contributed by atoms with Crippen molar-refractivity contribution in [2.75, 3.05) is 24.2 Å². The molecule has 2 aromatic rings. The van der Waals surface area contributed by atoms with E-state index in [1.165, 1.54) is 0 Å². The lowest BCUT2D eigenvalue weighted by atomic mass is 10.2. The predicted octanol–water partition coefficient (Wildman–Crippen LogP) is 2.15. The topological polar surface area (TPSA) is 67.9 Å². The van der Waals surface area contributed by atoms with E-state index in [9.17, 15) is 13.2 Å². The van der Waals surface area contributed by atoms with Crippen LogP contribution in [0.2, 0.25) is 0 Å². The van der Waals surface area contributed by atoms with Crippen molar-refractivity contribution in [3.8, 4) is 0 Å². The van der Waals surface area contributed by atoms with Crippen LogP contribution in [0.4, 0.5) is 24.9 Å². The molecular formula is C13H14F3N5. The molecule has 0 fully saturated rings. The van der Waals surface area contributed by atoms with Crippen LogP contribution in [0.1, 0.15) is 11.4 Å². The van der Waals surface area contributed by atoms with Crippen molar-refractivity contribution in [2.45, 2.75) is 12.6 Å². The first kappa shape index (κ1) is 15.0. The molecule has 0 amide bonds. The molecule has 2 aromatic heterocycles. The summed E-state index contributed by atoms with van der Waals surface area (Å²) in [6, 6.07) is 6.39. The summed E-state index contributed by atoms with van der Waals surface area (Å²) in [4.78, 5) is 12.8. The van der Waals surface area contributed by atoms with Gasteiger partial charge in [0.25, 0.3) is 0 Å². The van der Waals surface area contributed by atoms with Crippen molar-refractivity contribution in [2.24, 2.45) is 0 Å². The molecule has 0 atom stereocenters. The fraction of sp³-hybridized carbons (Fsp3) is 0.308. The summed E-state index contributed by atoms with van der Waals surface area (Å²) < 4.78 is 38.1. The smallest absolute Gasteiger partial charge is 0.368 e. The minimum atomic E-state index is -4.55. The maximum absolute atomic E-state index is 12.7. The number of nitrogens with zero attached hydrogens (tertiary/aromatic N) is 4. The van der Waals surface area contributed by atoms with Crippen molar-refractivity contribution in [1.29, 1.82) is 0 Å². The summed E-state index contributed by atoms with van der Waals surface area (Å²) in [5.74, 6) is -0.268. The lowest BCUT2D eigenvalue weighted by molar-refractivity contribution is -0.141. The molecule has 0 saturated heterocycles. The molecule has 0 radical (unpaired) electrons. The van der Waals surface area contributed by atoms with Crippen LogP contribution in [0.15, 0.2) is 30.5 Å². The summed E-state index contributed by atoms with van der Waals surface area (Å²) in [7, 11) is 1.64. The van der Waals surface area contributed by atoms with Gasteiger partial charge in [0.1, 0.15) is 5.82 Å². The third-order valence-electron chi connectivity index (χ3n) is 2.84. The predicted molar refractivity (Wildman–Crippen MR) is 72.7 cm³/mol. The van der Waals surface area contributed by atoms with Crippen LogP contribution in [0.3, 0.4) is 0 Å². The number of likely N-dealkylation sites (N-methyl/N-ethyl adjacent to an activating group) is 1. The molecule has 2 N–H and O–H groups in total. The maximum atomic E-state index is 12.7. The second-order valence-corrected chi connectivity index (χ2v) is 4.46. The van der Waals surface area contributed by atoms with Crippen LogP contribution < -0.4 is 10.6 Å². The molecule has 2 rings (SSSR count). The number of anilines is 2. The van der Waals surface area contributed by atoms with Gasteiger partial charge in [0, 0.05) is 38.0 Å². The van der Waals surface area contributed by atoms with Crippen molar-refractivity contribution in [3.05, 3.63) is 41.9 Å². The van der Waals surface area contributed by atoms with E-state index in [0.29, 0.717) is 13.0 Å². The van der Waals surface area contributed by atoms with Gasteiger partial charge in [-0.3, -0.25) is 4.98 Å². The largest absolute Gasteiger partial charge is 0.433 e. The third-order valence-corrected chi connectivity index (χ3v) is 2.84. The first-order valence-corrected chi connectivity index (χ1v) is 6.19. The van der Waals surface area contributed by atoms with Gasteiger partial charge >= 0.3 is 6.18 Å². The Hall–Kier alpha value is -2.38. The van der Waals surface area contributed by atoms with Crippen LogP contribution in [-0.4, -0.2) is 28.5 Å². The minimum Gasteiger partial charge on any atom is -0.368 e. The van der Waals surface area contributed by atoms with Crippen LogP contribution in [0, 0.1) is 0 Å². The number of alkyl halides is 3. The normalized spacial score (nSPS) is 11.4. The van der Waals surface area contributed by atoms with Gasteiger partial charge in [0.15, 0.2) is 5.69 Å². The zero-order valence-corrected chi connectivity index (χ0v) is 11.3. The number of hydrogen-bond acceptors (Lipinski definition) is 5. The first-order chi connectivity index (χ1) is 9.86. The number of pyridine rings is 1. The molecule has 5 nitrogen and oxygen atoms in total. The van der Waals surface area contributed by atoms with E-state index in [0.717, 1.165) is 11.8 Å². The summed E-state index contributed by atoms with van der Waals surface area (Å²) >= 11 is 0. The Morgan fingerprint density at radius 2 is 2.00 bits per heavy atom. The fourth-order valence-corrected chi connectivity index (χ4v) is 1.74. The third kappa shape index (κ3) is 4.04. The summed E-state index contributed by atoms with van der Waals surface area (Å²) in [6.45, 7) is 0.463. The molecule has 8 heteroatoms. The number of rotatable bonds is 4. The molecule has 0 aliphatic carbocycles. The molecule has 21 heavy (non-hydrogen) atoms. The van der Waals surface area contributed by atoms with Crippen molar-refractivity contribution in [1.82, 2.24) is 15.0 Å². The lowest BCUT2D eigenvalue weighted by Crippen LogP contribution is -2.23. The average molecular weight is 297 g/mol. The van der Waals surface area contributed by atoms with E-state index in [2.05, 4.69) is 15.0 Å². The Bertz CT molecular complexity index is 601. The Morgan fingerprint density at radius 1 is 1.24 bits per heavy atom. The number of aromatic nitrogens is 3. The maximum Gasteiger partial charge on any atom is 0.433 e. The molecule has 0 saturated carbocycles. The van der Waals surface area contributed by atoms with E-state index >= 15 is 0 Å². The number of nitrogens with two attached hydrogens (primary N) is 1. The highest BCUT2D eigenvalue weighted by atomic mass is 19.4. The minimum absolute atomic E-state index is 0.130. The van der Waals surface area contributed by atoms with E-state index in [4.69, 9.17) is 5.73 Å². The summed E-state index contributed by atoms with van der Waals surface area (Å²) in [5.41, 5.74) is 5.14. The highest BCUT2D eigenvalue weighted by molar-refractivity contribution is 5.43. The van der Waals surface area contributed by atoms with Gasteiger partial charge in [-0.25, -0.2) is 4.98 Å². The van der Waals surface area contributed by atoms with Gasteiger partial charge in [-0.15, -0.1) is 0 Å². The molecule has 0 spiro atoms. The zero-order chi connectivity index (χ0) is 15.5. The van der Waals surface area contributed by atoms with Crippen molar-refractivity contribution >= 4 is 11.8 Å². The molecule has 0 aromatic carbocycles. The Morgan fingerprint density at radius 3 is 2.62 bits per heavy atom. The van der Waals surface area contributed by atoms with Gasteiger partial charge in [0.2, 0.25) is 5.95 Å². The quantitative estimate of drug-likeness (QED) is 0.936. The van der Waals surface area contributed by atoms with Crippen LogP contribution >= 0.6 is 0 Å². The highest BCUT2D eigenvalue weighted by Gasteiger charge is 2.33. The Labute approximate surface area is 119 Å². The number of halogens is 3. The van der Waals surface area contributed by atoms with Gasteiger partial charge in [-0.2, -0.15) is 18.2 Å². The van der Waals surface area contributed by atoms with Crippen LogP contribution in [-0.2, 0) is 12.6 Å². The molecule has 112 valence electrons. The van der Waals surface area contributed by atoms with E-state index in [-0.39, 0.29) is 5.82 Å². The fourth-order valence-electron chi connectivity index (χ4n) is 1.74. The van der Waals surface area contributed by atoms with Gasteiger partial charge < -0.3 is 10.6 Å². The van der Waals surface area contributed by atoms with E-state index < -0.39 is 17.8 Å². The Kier molecular flexibility index (Phi) is 4.25. The van der Waals surface area contributed by atoms with Gasteiger partial charge in [0.05, 0.1) is 0 Å². The SMILES string of the molecule is CN(CCc1ccccn1)c1cc(C(F)(F)F)nc(N)n1. The highest BCUT2D eigenvalue weighted by Crippen LogP contribution is 2.29. The lowest BCUT2D eigenvalue weighted by Gasteiger charge is -2.19. The number of nitrogen functional groups attached to an aromatic ring is 1. The molecule has 0 unspecified atom stereocenters. The van der Waals surface area contributed by atoms with Crippen LogP contribution in [0.25, 0.3) is 0 Å². The average Bonchev–Trinajstić information content (AvgIpc) is 2.44. The first-order valence-electron chi connectivity index (χ1n) is 6.19. The molecular weight excluding hydrogens is 283 g/mol. The van der Waals surface area contributed by atoms with Crippen molar-refractivity contribution in [3.63, 3.8) is 0 Å². The van der Waals surface area contributed by atoms with Crippen LogP contribution in [0.5, 0.6) is 0 Å². The summed E-state index contributed by atoms with van der Waals surface area (Å²) in [6.07, 6.45) is -2.30. The van der Waals surface area contributed by atoms with Gasteiger partial charge in [-0.1, -0.05) is 6.07 Å². The summed E-state index contributed by atoms with van der Waals surface area (Å²) in [5, 5.41) is 0. The standard InChI is InChI=1S/C13H14F3N5/c1-21(7-5-9-4-2-3-6-18-9)11-8-10(13(14,15)16)19-12(17)20-11/h2-4,6,8H,5,7H2,1H3,(H2,17,19,20).